The number of fused-ring (bicyclic) bond motifs is 9. The van der Waals surface area contributed by atoms with Crippen molar-refractivity contribution in [2.75, 3.05) is 0 Å². The van der Waals surface area contributed by atoms with Gasteiger partial charge in [0.05, 0.1) is 11.0 Å². The molecule has 354 valence electrons. The minimum Gasteiger partial charge on any atom is -0.456 e. The molecular formula is C69H52N4O. The summed E-state index contributed by atoms with van der Waals surface area (Å²) in [7, 11) is 0. The van der Waals surface area contributed by atoms with E-state index in [-0.39, 0.29) is 5.41 Å². The Kier molecular flexibility index (Phi) is 11.0. The standard InChI is InChI=1S/C66H44N4O.C3H8/c1-66(2)57-28-11-9-24-51(57)52-33-30-45(39-58(52)66)43-20-13-21-46(36-43)50-26-15-27-55-56-38-44(41-16-5-3-6-17-41)32-35-59(56)70(62(50)55)49-23-14-22-47(37-49)64-67-63(42-18-7-4-8-19-42)68-65(69-64)48-31-34-54-53-25-10-12-29-60(53)71-61(54)40-48;1-3-2/h3-40H,1-2H3;3H2,1-2H3. The molecule has 0 spiro atoms. The second kappa shape index (κ2) is 18.1. The molecule has 3 heterocycles. The molecule has 0 amide bonds. The maximum atomic E-state index is 6.34. The molecule has 0 aliphatic heterocycles. The van der Waals surface area contributed by atoms with E-state index >= 15 is 0 Å². The van der Waals surface area contributed by atoms with E-state index in [1.807, 2.05) is 54.6 Å². The molecule has 0 N–H and O–H groups in total. The number of para-hydroxylation sites is 2. The molecule has 74 heavy (non-hydrogen) atoms. The Morgan fingerprint density at radius 1 is 0.365 bits per heavy atom. The average Bonchev–Trinajstić information content (AvgIpc) is 4.13. The highest BCUT2D eigenvalue weighted by Gasteiger charge is 2.35. The summed E-state index contributed by atoms with van der Waals surface area (Å²) >= 11 is 0. The number of rotatable bonds is 7. The third-order valence-corrected chi connectivity index (χ3v) is 14.7. The van der Waals surface area contributed by atoms with E-state index in [9.17, 15) is 0 Å². The molecule has 10 aromatic carbocycles. The smallest absolute Gasteiger partial charge is 0.164 e. The highest BCUT2D eigenvalue weighted by molar-refractivity contribution is 6.15. The van der Waals surface area contributed by atoms with E-state index < -0.39 is 0 Å². The number of benzene rings is 10. The summed E-state index contributed by atoms with van der Waals surface area (Å²) in [5, 5.41) is 4.50. The van der Waals surface area contributed by atoms with Gasteiger partial charge in [-0.3, -0.25) is 0 Å². The topological polar surface area (TPSA) is 56.7 Å². The van der Waals surface area contributed by atoms with Gasteiger partial charge in [0.1, 0.15) is 11.2 Å². The van der Waals surface area contributed by atoms with Gasteiger partial charge >= 0.3 is 0 Å². The molecule has 1 aliphatic rings. The zero-order valence-corrected chi connectivity index (χ0v) is 41.8. The zero-order chi connectivity index (χ0) is 49.9. The van der Waals surface area contributed by atoms with Gasteiger partial charge in [0.25, 0.3) is 0 Å². The van der Waals surface area contributed by atoms with Crippen LogP contribution in [0.5, 0.6) is 0 Å². The molecule has 1 aliphatic carbocycles. The van der Waals surface area contributed by atoms with E-state index in [0.717, 1.165) is 66.5 Å². The Morgan fingerprint density at radius 3 is 1.72 bits per heavy atom. The van der Waals surface area contributed by atoms with E-state index in [2.05, 4.69) is 208 Å². The summed E-state index contributed by atoms with van der Waals surface area (Å²) in [5.74, 6) is 1.76. The Hall–Kier alpha value is -9.19. The molecule has 0 saturated heterocycles. The Balaban J connectivity index is 0.00000172. The van der Waals surface area contributed by atoms with Crippen molar-refractivity contribution in [3.05, 3.63) is 242 Å². The van der Waals surface area contributed by atoms with E-state index in [4.69, 9.17) is 19.4 Å². The van der Waals surface area contributed by atoms with Gasteiger partial charge < -0.3 is 8.98 Å². The van der Waals surface area contributed by atoms with Crippen LogP contribution in [0.2, 0.25) is 0 Å². The summed E-state index contributed by atoms with van der Waals surface area (Å²) in [5.41, 5.74) is 19.9. The fourth-order valence-electron chi connectivity index (χ4n) is 11.1. The molecule has 5 nitrogen and oxygen atoms in total. The first-order valence-corrected chi connectivity index (χ1v) is 25.7. The van der Waals surface area contributed by atoms with Gasteiger partial charge in [-0.1, -0.05) is 210 Å². The van der Waals surface area contributed by atoms with E-state index in [0.29, 0.717) is 17.5 Å². The van der Waals surface area contributed by atoms with Gasteiger partial charge in [0.2, 0.25) is 0 Å². The minimum atomic E-state index is -0.0883. The van der Waals surface area contributed by atoms with Crippen LogP contribution < -0.4 is 0 Å². The SMILES string of the molecule is CC1(C)c2ccccc2-c2ccc(-c3cccc(-c4cccc5c6cc(-c7ccccc7)ccc6n(-c6cccc(-c7nc(-c8ccccc8)nc(-c8ccc9c(c8)oc8ccccc89)n7)c6)c45)c3)cc21.CCC. The van der Waals surface area contributed by atoms with E-state index in [1.165, 1.54) is 61.7 Å². The van der Waals surface area contributed by atoms with Crippen molar-refractivity contribution in [2.24, 2.45) is 0 Å². The number of nitrogens with zero attached hydrogens (tertiary/aromatic N) is 4. The molecule has 0 saturated carbocycles. The fourth-order valence-corrected chi connectivity index (χ4v) is 11.1. The lowest BCUT2D eigenvalue weighted by molar-refractivity contribution is 0.660. The van der Waals surface area contributed by atoms with Gasteiger partial charge in [0.15, 0.2) is 17.5 Å². The summed E-state index contributed by atoms with van der Waals surface area (Å²) in [6.07, 6.45) is 1.25. The van der Waals surface area contributed by atoms with E-state index in [1.54, 1.807) is 0 Å². The maximum Gasteiger partial charge on any atom is 0.164 e. The molecule has 3 aromatic heterocycles. The Labute approximate surface area is 431 Å². The molecule has 0 bridgehead atoms. The fraction of sp³-hybridized carbons (Fsp3) is 0.0870. The summed E-state index contributed by atoms with van der Waals surface area (Å²) in [4.78, 5) is 15.5. The van der Waals surface area contributed by atoms with Gasteiger partial charge in [-0.15, -0.1) is 0 Å². The number of hydrogen-bond donors (Lipinski definition) is 0. The van der Waals surface area contributed by atoms with Crippen molar-refractivity contribution in [3.8, 4) is 84.4 Å². The number of furan rings is 1. The largest absolute Gasteiger partial charge is 0.456 e. The second-order valence-corrected chi connectivity index (χ2v) is 19.9. The average molecular weight is 953 g/mol. The molecule has 0 radical (unpaired) electrons. The first-order chi connectivity index (χ1) is 36.3. The summed E-state index contributed by atoms with van der Waals surface area (Å²) in [6.45, 7) is 8.95. The number of aromatic nitrogens is 4. The monoisotopic (exact) mass is 952 g/mol. The summed E-state index contributed by atoms with van der Waals surface area (Å²) in [6, 6.07) is 82.3. The molecule has 13 aromatic rings. The van der Waals surface area contributed by atoms with Crippen molar-refractivity contribution < 1.29 is 4.42 Å². The highest BCUT2D eigenvalue weighted by Crippen LogP contribution is 2.50. The predicted molar refractivity (Wildman–Crippen MR) is 308 cm³/mol. The third-order valence-electron chi connectivity index (χ3n) is 14.7. The van der Waals surface area contributed by atoms with Crippen molar-refractivity contribution >= 4 is 43.7 Å². The third kappa shape index (κ3) is 7.59. The molecule has 0 unspecified atom stereocenters. The summed E-state index contributed by atoms with van der Waals surface area (Å²) < 4.78 is 8.76. The van der Waals surface area contributed by atoms with Crippen molar-refractivity contribution in [1.82, 2.24) is 19.5 Å². The van der Waals surface area contributed by atoms with Crippen LogP contribution in [0.25, 0.3) is 128 Å². The van der Waals surface area contributed by atoms with Gasteiger partial charge in [0, 0.05) is 54.9 Å². The minimum absolute atomic E-state index is 0.0883. The van der Waals surface area contributed by atoms with Crippen LogP contribution in [-0.4, -0.2) is 19.5 Å². The first kappa shape index (κ1) is 44.7. The Bertz CT molecular complexity index is 4280. The predicted octanol–water partition coefficient (Wildman–Crippen LogP) is 18.6. The number of hydrogen-bond acceptors (Lipinski definition) is 4. The molecule has 0 fully saturated rings. The maximum absolute atomic E-state index is 6.34. The van der Waals surface area contributed by atoms with Crippen LogP contribution in [0.1, 0.15) is 45.2 Å². The van der Waals surface area contributed by atoms with Gasteiger partial charge in [-0.2, -0.15) is 0 Å². The van der Waals surface area contributed by atoms with Crippen LogP contribution in [0, 0.1) is 0 Å². The quantitative estimate of drug-likeness (QED) is 0.160. The van der Waals surface area contributed by atoms with Crippen LogP contribution in [0.3, 0.4) is 0 Å². The molecule has 0 atom stereocenters. The first-order valence-electron chi connectivity index (χ1n) is 25.7. The van der Waals surface area contributed by atoms with Gasteiger partial charge in [-0.25, -0.2) is 15.0 Å². The van der Waals surface area contributed by atoms with Gasteiger partial charge in [-0.05, 0) is 105 Å². The lowest BCUT2D eigenvalue weighted by atomic mass is 9.81. The molecular weight excluding hydrogens is 901 g/mol. The normalized spacial score (nSPS) is 12.5. The molecule has 5 heteroatoms. The van der Waals surface area contributed by atoms with Crippen molar-refractivity contribution in [1.29, 1.82) is 0 Å². The lowest BCUT2D eigenvalue weighted by Crippen LogP contribution is -2.14. The van der Waals surface area contributed by atoms with Crippen LogP contribution in [0.15, 0.2) is 235 Å². The van der Waals surface area contributed by atoms with Crippen molar-refractivity contribution in [3.63, 3.8) is 0 Å². The zero-order valence-electron chi connectivity index (χ0n) is 41.8. The van der Waals surface area contributed by atoms with Crippen LogP contribution in [0.4, 0.5) is 0 Å². The highest BCUT2D eigenvalue weighted by atomic mass is 16.3. The Morgan fingerprint density at radius 2 is 0.905 bits per heavy atom. The van der Waals surface area contributed by atoms with Crippen molar-refractivity contribution in [2.45, 2.75) is 39.5 Å². The molecule has 14 rings (SSSR count). The van der Waals surface area contributed by atoms with Crippen LogP contribution in [-0.2, 0) is 5.41 Å². The second-order valence-electron chi connectivity index (χ2n) is 19.9. The lowest BCUT2D eigenvalue weighted by Gasteiger charge is -2.22. The van der Waals surface area contributed by atoms with Crippen LogP contribution >= 0.6 is 0 Å².